The average Bonchev–Trinajstić information content (AvgIpc) is 2.53. The number of hydrogen-bond acceptors (Lipinski definition) is 4. The van der Waals surface area contributed by atoms with Gasteiger partial charge in [0.2, 0.25) is 0 Å². The van der Waals surface area contributed by atoms with E-state index >= 15 is 0 Å². The highest BCUT2D eigenvalue weighted by atomic mass is 35.5. The van der Waals surface area contributed by atoms with Crippen molar-refractivity contribution < 1.29 is 17.9 Å². The smallest absolute Gasteiger partial charge is 0.324 e. The number of rotatable bonds is 5. The molecule has 128 valence electrons. The van der Waals surface area contributed by atoms with Gasteiger partial charge in [0.05, 0.1) is 12.0 Å². The van der Waals surface area contributed by atoms with Crippen molar-refractivity contribution in [3.8, 4) is 0 Å². The van der Waals surface area contributed by atoms with E-state index in [1.807, 2.05) is 0 Å². The fourth-order valence-corrected chi connectivity index (χ4v) is 4.33. The fourth-order valence-electron chi connectivity index (χ4n) is 2.13. The summed E-state index contributed by atoms with van der Waals surface area (Å²) in [6, 6.07) is 10.2. The number of carbonyl (C=O) groups excluding carboxylic acids is 1. The molecule has 0 fully saturated rings. The predicted molar refractivity (Wildman–Crippen MR) is 94.6 cm³/mol. The number of sulfone groups is 1. The van der Waals surface area contributed by atoms with E-state index in [-0.39, 0.29) is 16.3 Å². The summed E-state index contributed by atoms with van der Waals surface area (Å²) in [6.07, 6.45) is -0.131. The molecule has 2 aromatic rings. The second-order valence-corrected chi connectivity index (χ2v) is 8.36. The molecular weight excluding hydrogens is 395 g/mol. The predicted octanol–water partition coefficient (Wildman–Crippen LogP) is 4.20. The van der Waals surface area contributed by atoms with E-state index in [4.69, 9.17) is 34.8 Å². The molecular formula is C16H13Cl3O4S. The van der Waals surface area contributed by atoms with Gasteiger partial charge in [-0.2, -0.15) is 0 Å². The number of ether oxygens (including phenoxy) is 1. The van der Waals surface area contributed by atoms with Crippen molar-refractivity contribution in [2.24, 2.45) is 0 Å². The van der Waals surface area contributed by atoms with Gasteiger partial charge in [0.25, 0.3) is 0 Å². The van der Waals surface area contributed by atoms with E-state index in [2.05, 4.69) is 4.74 Å². The first kappa shape index (κ1) is 19.1. The van der Waals surface area contributed by atoms with Crippen LogP contribution in [0.5, 0.6) is 0 Å². The van der Waals surface area contributed by atoms with Gasteiger partial charge in [-0.05, 0) is 42.0 Å². The van der Waals surface area contributed by atoms with Gasteiger partial charge in [-0.25, -0.2) is 8.42 Å². The van der Waals surface area contributed by atoms with Crippen LogP contribution in [0.2, 0.25) is 15.1 Å². The standard InChI is InChI=1S/C16H13Cl3O4S/c1-23-16(20)15(8-10-2-3-12(18)9-14(10)19)24(21,22)13-6-4-11(17)5-7-13/h2-7,9,15H,8H2,1H3/t15-/m0/s1. The van der Waals surface area contributed by atoms with Crippen molar-refractivity contribution in [2.45, 2.75) is 16.6 Å². The van der Waals surface area contributed by atoms with Crippen LogP contribution in [0.4, 0.5) is 0 Å². The van der Waals surface area contributed by atoms with Gasteiger partial charge in [0.1, 0.15) is 0 Å². The summed E-state index contributed by atoms with van der Waals surface area (Å²) < 4.78 is 30.3. The largest absolute Gasteiger partial charge is 0.468 e. The number of hydrogen-bond donors (Lipinski definition) is 0. The van der Waals surface area contributed by atoms with Crippen molar-refractivity contribution in [3.63, 3.8) is 0 Å². The molecule has 0 unspecified atom stereocenters. The Kier molecular flexibility index (Phi) is 6.15. The maximum absolute atomic E-state index is 12.8. The van der Waals surface area contributed by atoms with Crippen LogP contribution in [0.15, 0.2) is 47.4 Å². The lowest BCUT2D eigenvalue weighted by Gasteiger charge is -2.16. The number of esters is 1. The highest BCUT2D eigenvalue weighted by molar-refractivity contribution is 7.92. The molecule has 0 spiro atoms. The van der Waals surface area contributed by atoms with E-state index in [1.54, 1.807) is 12.1 Å². The Morgan fingerprint density at radius 1 is 1.04 bits per heavy atom. The van der Waals surface area contributed by atoms with Crippen molar-refractivity contribution in [3.05, 3.63) is 63.1 Å². The highest BCUT2D eigenvalue weighted by Gasteiger charge is 2.35. The summed E-state index contributed by atoms with van der Waals surface area (Å²) in [5, 5.41) is -0.340. The lowest BCUT2D eigenvalue weighted by molar-refractivity contribution is -0.140. The van der Waals surface area contributed by atoms with Crippen molar-refractivity contribution >= 4 is 50.6 Å². The molecule has 0 bridgehead atoms. The maximum Gasteiger partial charge on any atom is 0.324 e. The molecule has 24 heavy (non-hydrogen) atoms. The van der Waals surface area contributed by atoms with E-state index in [0.29, 0.717) is 15.6 Å². The van der Waals surface area contributed by atoms with E-state index < -0.39 is 21.1 Å². The third-order valence-corrected chi connectivity index (χ3v) is 6.28. The van der Waals surface area contributed by atoms with E-state index in [0.717, 1.165) is 7.11 Å². The molecule has 1 atom stereocenters. The summed E-state index contributed by atoms with van der Waals surface area (Å²) >= 11 is 17.7. The van der Waals surface area contributed by atoms with Crippen LogP contribution in [0.1, 0.15) is 5.56 Å². The summed E-state index contributed by atoms with van der Waals surface area (Å²) in [4.78, 5) is 12.1. The van der Waals surface area contributed by atoms with Crippen molar-refractivity contribution in [1.82, 2.24) is 0 Å². The SMILES string of the molecule is COC(=O)[C@H](Cc1ccc(Cl)cc1Cl)S(=O)(=O)c1ccc(Cl)cc1. The molecule has 0 aromatic heterocycles. The van der Waals surface area contributed by atoms with Gasteiger partial charge in [-0.1, -0.05) is 40.9 Å². The fraction of sp³-hybridized carbons (Fsp3) is 0.188. The Morgan fingerprint density at radius 3 is 2.17 bits per heavy atom. The third kappa shape index (κ3) is 4.22. The van der Waals surface area contributed by atoms with Crippen molar-refractivity contribution in [2.75, 3.05) is 7.11 Å². The number of halogens is 3. The third-order valence-electron chi connectivity index (χ3n) is 3.40. The lowest BCUT2D eigenvalue weighted by atomic mass is 10.1. The first-order valence-electron chi connectivity index (χ1n) is 6.77. The quantitative estimate of drug-likeness (QED) is 0.697. The second kappa shape index (κ2) is 7.74. The summed E-state index contributed by atoms with van der Waals surface area (Å²) in [7, 11) is -2.84. The van der Waals surface area contributed by atoms with E-state index in [1.165, 1.54) is 30.3 Å². The van der Waals surface area contributed by atoms with Crippen LogP contribution in [-0.2, 0) is 25.8 Å². The Balaban J connectivity index is 2.44. The molecule has 0 aliphatic heterocycles. The minimum Gasteiger partial charge on any atom is -0.468 e. The first-order valence-corrected chi connectivity index (χ1v) is 9.45. The molecule has 0 heterocycles. The molecule has 2 rings (SSSR count). The van der Waals surface area contributed by atoms with Gasteiger partial charge in [0.15, 0.2) is 15.1 Å². The molecule has 0 amide bonds. The Bertz CT molecular complexity index is 848. The average molecular weight is 408 g/mol. The zero-order valence-electron chi connectivity index (χ0n) is 12.5. The van der Waals surface area contributed by atoms with Crippen LogP contribution in [-0.4, -0.2) is 26.7 Å². The zero-order valence-corrected chi connectivity index (χ0v) is 15.6. The monoisotopic (exact) mass is 406 g/mol. The maximum atomic E-state index is 12.8. The van der Waals surface area contributed by atoms with Crippen LogP contribution in [0, 0.1) is 0 Å². The Hall–Kier alpha value is -1.27. The van der Waals surface area contributed by atoms with Crippen LogP contribution < -0.4 is 0 Å². The summed E-state index contributed by atoms with van der Waals surface area (Å²) in [5.41, 5.74) is 0.481. The second-order valence-electron chi connectivity index (χ2n) is 4.95. The summed E-state index contributed by atoms with van der Waals surface area (Å²) in [5.74, 6) is -0.865. The van der Waals surface area contributed by atoms with Crippen LogP contribution in [0.3, 0.4) is 0 Å². The Labute approximate surface area is 155 Å². The van der Waals surface area contributed by atoms with Gasteiger partial charge in [-0.3, -0.25) is 4.79 Å². The highest BCUT2D eigenvalue weighted by Crippen LogP contribution is 2.27. The number of carbonyl (C=O) groups is 1. The molecule has 0 aliphatic carbocycles. The van der Waals surface area contributed by atoms with E-state index in [9.17, 15) is 13.2 Å². The van der Waals surface area contributed by atoms with Gasteiger partial charge < -0.3 is 4.74 Å². The normalized spacial score (nSPS) is 12.7. The molecule has 0 saturated heterocycles. The molecule has 0 N–H and O–H groups in total. The zero-order chi connectivity index (χ0) is 17.9. The lowest BCUT2D eigenvalue weighted by Crippen LogP contribution is -2.33. The number of methoxy groups -OCH3 is 1. The molecule has 2 aromatic carbocycles. The number of benzene rings is 2. The molecule has 0 aliphatic rings. The van der Waals surface area contributed by atoms with Crippen LogP contribution in [0.25, 0.3) is 0 Å². The molecule has 0 saturated carbocycles. The minimum atomic E-state index is -3.98. The van der Waals surface area contributed by atoms with Gasteiger partial charge in [-0.15, -0.1) is 0 Å². The molecule has 0 radical (unpaired) electrons. The molecule has 8 heteroatoms. The molecule has 4 nitrogen and oxygen atoms in total. The summed E-state index contributed by atoms with van der Waals surface area (Å²) in [6.45, 7) is 0. The van der Waals surface area contributed by atoms with Gasteiger partial charge >= 0.3 is 5.97 Å². The Morgan fingerprint density at radius 2 is 1.62 bits per heavy atom. The van der Waals surface area contributed by atoms with Crippen molar-refractivity contribution in [1.29, 1.82) is 0 Å². The first-order chi connectivity index (χ1) is 11.3. The minimum absolute atomic E-state index is 0.0209. The van der Waals surface area contributed by atoms with Gasteiger partial charge in [0, 0.05) is 21.5 Å². The van der Waals surface area contributed by atoms with Crippen LogP contribution >= 0.6 is 34.8 Å². The topological polar surface area (TPSA) is 60.4 Å².